The van der Waals surface area contributed by atoms with Crippen LogP contribution in [-0.2, 0) is 47.8 Å². The van der Waals surface area contributed by atoms with Crippen molar-refractivity contribution in [1.29, 1.82) is 0 Å². The molecule has 0 aromatic heterocycles. The van der Waals surface area contributed by atoms with Crippen LogP contribution in [0.5, 0.6) is 0 Å². The van der Waals surface area contributed by atoms with Gasteiger partial charge in [0.25, 0.3) is 0 Å². The van der Waals surface area contributed by atoms with Gasteiger partial charge >= 0.3 is 7.82 Å². The first-order valence-corrected chi connectivity index (χ1v) is 2.35. The summed E-state index contributed by atoms with van der Waals surface area (Å²) in [5.41, 5.74) is 0. The van der Waals surface area contributed by atoms with Gasteiger partial charge < -0.3 is 20.2 Å². The third-order valence-electron chi connectivity index (χ3n) is 0. The van der Waals surface area contributed by atoms with E-state index in [0.29, 0.717) is 0 Å². The molecular formula is H5CuO5PZr. The van der Waals surface area contributed by atoms with Crippen LogP contribution in [0.25, 0.3) is 0 Å². The first-order valence-electron chi connectivity index (χ1n) is 0.783. The van der Waals surface area contributed by atoms with Crippen molar-refractivity contribution in [1.82, 2.24) is 0 Å². The molecule has 0 unspecified atom stereocenters. The molecule has 0 spiro atoms. The molecule has 0 aliphatic carbocycles. The standard InChI is InChI=1S/Cu.H3O4P.H2O.Zr/c;1-5(2,3)4;;/h;(H3,1,2,3,4);1H2;. The van der Waals surface area contributed by atoms with E-state index in [0.717, 1.165) is 0 Å². The SMILES string of the molecule is O.O=P(O)(O)O.[Cu].[Zr]. The Balaban J connectivity index is -0.0000000267. The van der Waals surface area contributed by atoms with Crippen LogP contribution in [0.3, 0.4) is 0 Å². The van der Waals surface area contributed by atoms with Gasteiger partial charge in [-0.1, -0.05) is 0 Å². The average Bonchev–Trinajstić information content (AvgIpc) is 0.722. The molecule has 0 rings (SSSR count). The Hall–Kier alpha value is 1.47. The van der Waals surface area contributed by atoms with Crippen LogP contribution in [0.2, 0.25) is 0 Å². The summed E-state index contributed by atoms with van der Waals surface area (Å²) in [6.45, 7) is 0. The second kappa shape index (κ2) is 8.47. The summed E-state index contributed by atoms with van der Waals surface area (Å²) in [6.07, 6.45) is 0. The summed E-state index contributed by atoms with van der Waals surface area (Å²) in [6, 6.07) is 0. The normalized spacial score (nSPS) is 7.38. The largest absolute Gasteiger partial charge is 0.466 e. The molecule has 8 heavy (non-hydrogen) atoms. The van der Waals surface area contributed by atoms with Gasteiger partial charge in [0.15, 0.2) is 0 Å². The van der Waals surface area contributed by atoms with Gasteiger partial charge in [-0.3, -0.25) is 0 Å². The first kappa shape index (κ1) is 22.7. The van der Waals surface area contributed by atoms with Crippen LogP contribution < -0.4 is 0 Å². The Bertz CT molecular complexity index is 58.6. The Labute approximate surface area is 75.6 Å². The third-order valence-corrected chi connectivity index (χ3v) is 0. The predicted molar refractivity (Wildman–Crippen MR) is 17.9 cm³/mol. The van der Waals surface area contributed by atoms with Crippen molar-refractivity contribution in [2.45, 2.75) is 0 Å². The number of hydrogen-bond acceptors (Lipinski definition) is 1. The Kier molecular flexibility index (Phi) is 24.0. The van der Waals surface area contributed by atoms with E-state index in [9.17, 15) is 0 Å². The molecule has 0 aliphatic rings. The summed E-state index contributed by atoms with van der Waals surface area (Å²) < 4.78 is 8.88. The topological polar surface area (TPSA) is 109 Å². The molecule has 8 heteroatoms. The maximum Gasteiger partial charge on any atom is 0.466 e. The number of phosphoric acid groups is 1. The van der Waals surface area contributed by atoms with E-state index in [2.05, 4.69) is 0 Å². The zero-order valence-electron chi connectivity index (χ0n) is 3.50. The van der Waals surface area contributed by atoms with Crippen molar-refractivity contribution in [2.24, 2.45) is 0 Å². The van der Waals surface area contributed by atoms with Crippen molar-refractivity contribution < 1.29 is 68.0 Å². The zero-order chi connectivity index (χ0) is 4.50. The fourth-order valence-electron chi connectivity index (χ4n) is 0. The van der Waals surface area contributed by atoms with Gasteiger partial charge in [-0.15, -0.1) is 0 Å². The Morgan fingerprint density at radius 1 is 1.12 bits per heavy atom. The molecular weight excluding hydrogens is 266 g/mol. The molecule has 0 fully saturated rings. The quantitative estimate of drug-likeness (QED) is 0.358. The fourth-order valence-corrected chi connectivity index (χ4v) is 0. The van der Waals surface area contributed by atoms with Gasteiger partial charge in [-0.25, -0.2) is 4.57 Å². The van der Waals surface area contributed by atoms with Crippen LogP contribution >= 0.6 is 7.82 Å². The number of rotatable bonds is 0. The summed E-state index contributed by atoms with van der Waals surface area (Å²) in [4.78, 5) is 21.6. The molecule has 0 heterocycles. The van der Waals surface area contributed by atoms with Gasteiger partial charge in [-0.2, -0.15) is 0 Å². The molecule has 5 nitrogen and oxygen atoms in total. The summed E-state index contributed by atoms with van der Waals surface area (Å²) in [5.74, 6) is 0. The molecule has 0 atom stereocenters. The molecule has 55 valence electrons. The van der Waals surface area contributed by atoms with E-state index in [1.54, 1.807) is 0 Å². The third kappa shape index (κ3) is 144. The molecule has 0 amide bonds. The van der Waals surface area contributed by atoms with Crippen LogP contribution in [0.1, 0.15) is 0 Å². The van der Waals surface area contributed by atoms with E-state index in [1.165, 1.54) is 0 Å². The monoisotopic (exact) mass is 269 g/mol. The maximum absolute atomic E-state index is 8.88. The molecule has 0 saturated heterocycles. The first-order chi connectivity index (χ1) is 2.00. The molecule has 0 aliphatic heterocycles. The van der Waals surface area contributed by atoms with Crippen molar-refractivity contribution in [3.8, 4) is 0 Å². The maximum atomic E-state index is 8.88. The van der Waals surface area contributed by atoms with Crippen molar-refractivity contribution in [3.63, 3.8) is 0 Å². The minimum atomic E-state index is -4.64. The zero-order valence-corrected chi connectivity index (χ0v) is 7.79. The van der Waals surface area contributed by atoms with Gasteiger partial charge in [0.05, 0.1) is 0 Å². The molecule has 0 aromatic carbocycles. The second-order valence-corrected chi connectivity index (χ2v) is 1.54. The second-order valence-electron chi connectivity index (χ2n) is 0.513. The van der Waals surface area contributed by atoms with E-state index in [1.807, 2.05) is 0 Å². The number of hydrogen-bond donors (Lipinski definition) is 3. The Morgan fingerprint density at radius 3 is 1.12 bits per heavy atom. The average molecular weight is 271 g/mol. The van der Waals surface area contributed by atoms with Gasteiger partial charge in [0.1, 0.15) is 0 Å². The van der Waals surface area contributed by atoms with Crippen molar-refractivity contribution in [3.05, 3.63) is 0 Å². The minimum Gasteiger partial charge on any atom is -0.412 e. The fraction of sp³-hybridized carbons (Fsp3) is 0. The smallest absolute Gasteiger partial charge is 0.412 e. The summed E-state index contributed by atoms with van der Waals surface area (Å²) >= 11 is 0. The van der Waals surface area contributed by atoms with Gasteiger partial charge in [0.2, 0.25) is 0 Å². The molecule has 1 radical (unpaired) electrons. The van der Waals surface area contributed by atoms with Crippen LogP contribution in [0, 0.1) is 0 Å². The van der Waals surface area contributed by atoms with Crippen LogP contribution in [0.15, 0.2) is 0 Å². The minimum absolute atomic E-state index is 0. The van der Waals surface area contributed by atoms with E-state index in [-0.39, 0.29) is 48.7 Å². The van der Waals surface area contributed by atoms with Crippen LogP contribution in [-0.4, -0.2) is 20.2 Å². The Morgan fingerprint density at radius 2 is 1.12 bits per heavy atom. The molecule has 0 saturated carbocycles. The summed E-state index contributed by atoms with van der Waals surface area (Å²) in [7, 11) is -4.64. The van der Waals surface area contributed by atoms with Crippen LogP contribution in [0.4, 0.5) is 0 Å². The van der Waals surface area contributed by atoms with E-state index >= 15 is 0 Å². The predicted octanol–water partition coefficient (Wildman–Crippen LogP) is -1.76. The van der Waals surface area contributed by atoms with Crippen molar-refractivity contribution in [2.75, 3.05) is 0 Å². The van der Waals surface area contributed by atoms with Gasteiger partial charge in [-0.05, 0) is 0 Å². The van der Waals surface area contributed by atoms with Gasteiger partial charge in [0, 0.05) is 43.3 Å². The van der Waals surface area contributed by atoms with E-state index < -0.39 is 7.82 Å². The molecule has 5 N–H and O–H groups in total. The van der Waals surface area contributed by atoms with E-state index in [4.69, 9.17) is 19.2 Å². The summed E-state index contributed by atoms with van der Waals surface area (Å²) in [5, 5.41) is 0. The molecule has 0 aromatic rings. The van der Waals surface area contributed by atoms with Crippen molar-refractivity contribution >= 4 is 7.82 Å². The molecule has 0 bridgehead atoms.